The number of ether oxygens (including phenoxy) is 2. The molecule has 6 nitrogen and oxygen atoms in total. The Morgan fingerprint density at radius 2 is 1.83 bits per heavy atom. The molecule has 152 valence electrons. The summed E-state index contributed by atoms with van der Waals surface area (Å²) in [6.45, 7) is 0.423. The molecule has 1 saturated carbocycles. The number of hydrogen-bond donors (Lipinski definition) is 2. The van der Waals surface area contributed by atoms with Crippen LogP contribution >= 0.6 is 0 Å². The van der Waals surface area contributed by atoms with Gasteiger partial charge in [-0.15, -0.1) is 0 Å². The number of hydrogen-bond acceptors (Lipinski definition) is 4. The Balaban J connectivity index is 1.64. The van der Waals surface area contributed by atoms with Gasteiger partial charge in [0.05, 0.1) is 7.11 Å². The second-order valence-electron chi connectivity index (χ2n) is 7.10. The molecular weight excluding hydrogens is 370 g/mol. The molecule has 2 aromatic carbocycles. The minimum atomic E-state index is -1.14. The second kappa shape index (κ2) is 9.28. The van der Waals surface area contributed by atoms with Gasteiger partial charge in [0, 0.05) is 6.08 Å². The average molecular weight is 395 g/mol. The van der Waals surface area contributed by atoms with Crippen molar-refractivity contribution in [2.24, 2.45) is 0 Å². The molecule has 1 aliphatic rings. The van der Waals surface area contributed by atoms with Crippen LogP contribution in [0.5, 0.6) is 11.5 Å². The first kappa shape index (κ1) is 20.5. The van der Waals surface area contributed by atoms with Gasteiger partial charge in [-0.2, -0.15) is 0 Å². The molecule has 0 aromatic heterocycles. The summed E-state index contributed by atoms with van der Waals surface area (Å²) in [5.41, 5.74) is 0.656. The highest BCUT2D eigenvalue weighted by molar-refractivity contribution is 5.96. The van der Waals surface area contributed by atoms with Crippen molar-refractivity contribution in [2.45, 2.75) is 37.8 Å². The van der Waals surface area contributed by atoms with E-state index in [-0.39, 0.29) is 0 Å². The fourth-order valence-corrected chi connectivity index (χ4v) is 3.46. The van der Waals surface area contributed by atoms with Gasteiger partial charge >= 0.3 is 5.97 Å². The number of carbonyl (C=O) groups excluding carboxylic acids is 1. The summed E-state index contributed by atoms with van der Waals surface area (Å²) >= 11 is 0. The molecule has 0 aliphatic heterocycles. The molecule has 2 aromatic rings. The number of aliphatic carboxylic acids is 1. The van der Waals surface area contributed by atoms with E-state index in [9.17, 15) is 14.7 Å². The van der Waals surface area contributed by atoms with Crippen molar-refractivity contribution in [3.05, 3.63) is 65.7 Å². The Morgan fingerprint density at radius 1 is 1.10 bits per heavy atom. The molecule has 1 fully saturated rings. The standard InChI is InChI=1S/C23H25NO5/c1-28-20-15-17(9-11-19(20)29-16-18-7-3-2-4-8-18)10-12-21(25)24-23(22(26)27)13-5-6-14-23/h2-4,7-12,15H,5-6,13-14,16H2,1H3,(H,24,25)(H,26,27)/b12-10+. The first-order valence-electron chi connectivity index (χ1n) is 9.61. The Kier molecular flexibility index (Phi) is 6.54. The van der Waals surface area contributed by atoms with Gasteiger partial charge in [-0.05, 0) is 42.2 Å². The molecule has 0 heterocycles. The summed E-state index contributed by atoms with van der Waals surface area (Å²) in [4.78, 5) is 23.8. The lowest BCUT2D eigenvalue weighted by Gasteiger charge is -2.24. The minimum absolute atomic E-state index is 0.419. The van der Waals surface area contributed by atoms with E-state index in [4.69, 9.17) is 9.47 Å². The third kappa shape index (κ3) is 5.16. The van der Waals surface area contributed by atoms with E-state index in [1.165, 1.54) is 6.08 Å². The van der Waals surface area contributed by atoms with E-state index >= 15 is 0 Å². The van der Waals surface area contributed by atoms with E-state index in [0.717, 1.165) is 24.0 Å². The van der Waals surface area contributed by atoms with Crippen molar-refractivity contribution >= 4 is 18.0 Å². The van der Waals surface area contributed by atoms with Gasteiger partial charge in [0.1, 0.15) is 12.1 Å². The highest BCUT2D eigenvalue weighted by Gasteiger charge is 2.42. The number of carbonyl (C=O) groups is 2. The van der Waals surface area contributed by atoms with Gasteiger partial charge in [-0.25, -0.2) is 4.79 Å². The molecular formula is C23H25NO5. The Hall–Kier alpha value is -3.28. The maximum atomic E-state index is 12.2. The predicted octanol–water partition coefficient (Wildman–Crippen LogP) is 3.80. The van der Waals surface area contributed by atoms with Crippen LogP contribution < -0.4 is 14.8 Å². The van der Waals surface area contributed by atoms with Crippen LogP contribution in [0.15, 0.2) is 54.6 Å². The first-order valence-corrected chi connectivity index (χ1v) is 9.61. The molecule has 29 heavy (non-hydrogen) atoms. The van der Waals surface area contributed by atoms with Gasteiger partial charge in [0.15, 0.2) is 11.5 Å². The Morgan fingerprint density at radius 3 is 2.48 bits per heavy atom. The lowest BCUT2D eigenvalue weighted by molar-refractivity contribution is -0.146. The monoisotopic (exact) mass is 395 g/mol. The lowest BCUT2D eigenvalue weighted by Crippen LogP contribution is -2.52. The van der Waals surface area contributed by atoms with Crippen LogP contribution in [0.25, 0.3) is 6.08 Å². The minimum Gasteiger partial charge on any atom is -0.493 e. The number of nitrogens with one attached hydrogen (secondary N) is 1. The Bertz CT molecular complexity index is 885. The van der Waals surface area contributed by atoms with Gasteiger partial charge in [-0.1, -0.05) is 49.2 Å². The fraction of sp³-hybridized carbons (Fsp3) is 0.304. The molecule has 6 heteroatoms. The zero-order valence-electron chi connectivity index (χ0n) is 16.4. The summed E-state index contributed by atoms with van der Waals surface area (Å²) in [7, 11) is 1.56. The number of benzene rings is 2. The number of rotatable bonds is 8. The van der Waals surface area contributed by atoms with Crippen molar-refractivity contribution in [3.8, 4) is 11.5 Å². The zero-order chi connectivity index (χ0) is 20.7. The van der Waals surface area contributed by atoms with Crippen molar-refractivity contribution in [2.75, 3.05) is 7.11 Å². The van der Waals surface area contributed by atoms with Gasteiger partial charge < -0.3 is 19.9 Å². The van der Waals surface area contributed by atoms with Crippen LogP contribution in [0.3, 0.4) is 0 Å². The maximum Gasteiger partial charge on any atom is 0.329 e. The molecule has 1 amide bonds. The van der Waals surface area contributed by atoms with Crippen molar-refractivity contribution in [1.29, 1.82) is 0 Å². The summed E-state index contributed by atoms with van der Waals surface area (Å²) in [5.74, 6) is -0.231. The van der Waals surface area contributed by atoms with Crippen LogP contribution in [-0.4, -0.2) is 29.6 Å². The topological polar surface area (TPSA) is 84.9 Å². The van der Waals surface area contributed by atoms with Gasteiger partial charge in [0.2, 0.25) is 5.91 Å². The zero-order valence-corrected chi connectivity index (χ0v) is 16.4. The van der Waals surface area contributed by atoms with Crippen LogP contribution in [0, 0.1) is 0 Å². The molecule has 2 N–H and O–H groups in total. The van der Waals surface area contributed by atoms with E-state index < -0.39 is 17.4 Å². The third-order valence-electron chi connectivity index (χ3n) is 5.08. The maximum absolute atomic E-state index is 12.2. The number of carboxylic acid groups (broad SMARTS) is 1. The predicted molar refractivity (Wildman–Crippen MR) is 110 cm³/mol. The van der Waals surface area contributed by atoms with Crippen LogP contribution in [0.4, 0.5) is 0 Å². The lowest BCUT2D eigenvalue weighted by atomic mass is 9.98. The number of methoxy groups -OCH3 is 1. The van der Waals surface area contributed by atoms with Crippen LogP contribution in [0.2, 0.25) is 0 Å². The second-order valence-corrected chi connectivity index (χ2v) is 7.10. The van der Waals surface area contributed by atoms with Gasteiger partial charge in [-0.3, -0.25) is 4.79 Å². The third-order valence-corrected chi connectivity index (χ3v) is 5.08. The summed E-state index contributed by atoms with van der Waals surface area (Å²) in [6, 6.07) is 15.2. The molecule has 0 bridgehead atoms. The van der Waals surface area contributed by atoms with E-state index in [0.29, 0.717) is 30.9 Å². The summed E-state index contributed by atoms with van der Waals surface area (Å²) in [5, 5.41) is 12.1. The molecule has 0 unspecified atom stereocenters. The van der Waals surface area contributed by atoms with E-state index in [1.807, 2.05) is 36.4 Å². The molecule has 0 radical (unpaired) electrons. The van der Waals surface area contributed by atoms with Crippen LogP contribution in [-0.2, 0) is 16.2 Å². The average Bonchev–Trinajstić information content (AvgIpc) is 3.21. The van der Waals surface area contributed by atoms with Crippen LogP contribution in [0.1, 0.15) is 36.8 Å². The molecule has 0 atom stereocenters. The van der Waals surface area contributed by atoms with Crippen molar-refractivity contribution < 1.29 is 24.2 Å². The van der Waals surface area contributed by atoms with Gasteiger partial charge in [0.25, 0.3) is 0 Å². The molecule has 0 spiro atoms. The van der Waals surface area contributed by atoms with E-state index in [2.05, 4.69) is 5.32 Å². The molecule has 0 saturated heterocycles. The quantitative estimate of drug-likeness (QED) is 0.664. The number of amides is 1. The SMILES string of the molecule is COc1cc(/C=C/C(=O)NC2(C(=O)O)CCCC2)ccc1OCc1ccccc1. The largest absolute Gasteiger partial charge is 0.493 e. The van der Waals surface area contributed by atoms with Crippen molar-refractivity contribution in [3.63, 3.8) is 0 Å². The smallest absolute Gasteiger partial charge is 0.329 e. The highest BCUT2D eigenvalue weighted by Crippen LogP contribution is 2.31. The van der Waals surface area contributed by atoms with E-state index in [1.54, 1.807) is 25.3 Å². The molecule has 1 aliphatic carbocycles. The van der Waals surface area contributed by atoms with Crippen molar-refractivity contribution in [1.82, 2.24) is 5.32 Å². The molecule has 3 rings (SSSR count). The Labute approximate surface area is 170 Å². The summed E-state index contributed by atoms with van der Waals surface area (Å²) in [6.07, 6.45) is 5.51. The number of carboxylic acids is 1. The summed E-state index contributed by atoms with van der Waals surface area (Å²) < 4.78 is 11.2. The first-order chi connectivity index (χ1) is 14.0. The fourth-order valence-electron chi connectivity index (χ4n) is 3.46. The normalized spacial score (nSPS) is 15.2. The highest BCUT2D eigenvalue weighted by atomic mass is 16.5.